The fraction of sp³-hybridized carbons (Fsp3) is 0.867. The van der Waals surface area contributed by atoms with E-state index in [0.29, 0.717) is 13.0 Å². The molecule has 0 aliphatic carbocycles. The van der Waals surface area contributed by atoms with Crippen molar-refractivity contribution in [1.29, 1.82) is 0 Å². The molecular weight excluding hydrogens is 258 g/mol. The molecule has 5 heteroatoms. The Bertz CT molecular complexity index is 259. The summed E-state index contributed by atoms with van der Waals surface area (Å²) < 4.78 is 9.39. The van der Waals surface area contributed by atoms with Gasteiger partial charge in [-0.3, -0.25) is 4.79 Å². The molecule has 0 rings (SSSR count). The third kappa shape index (κ3) is 22.0. The van der Waals surface area contributed by atoms with Crippen molar-refractivity contribution in [3.05, 3.63) is 0 Å². The van der Waals surface area contributed by atoms with Crippen molar-refractivity contribution >= 4 is 12.1 Å². The van der Waals surface area contributed by atoms with E-state index in [1.54, 1.807) is 20.8 Å². The van der Waals surface area contributed by atoms with E-state index in [0.717, 1.165) is 12.8 Å². The van der Waals surface area contributed by atoms with Crippen LogP contribution < -0.4 is 5.73 Å². The Kier molecular flexibility index (Phi) is 13.4. The van der Waals surface area contributed by atoms with Gasteiger partial charge in [0.2, 0.25) is 0 Å². The Morgan fingerprint density at radius 1 is 1.00 bits per heavy atom. The minimum absolute atomic E-state index is 0.0472. The molecule has 0 aromatic heterocycles. The summed E-state index contributed by atoms with van der Waals surface area (Å²) in [5, 5.41) is 0. The molecule has 0 aliphatic heterocycles. The fourth-order valence-corrected chi connectivity index (χ4v) is 1.41. The number of carbonyl (C=O) groups excluding carboxylic acids is 2. The Morgan fingerprint density at radius 3 is 1.90 bits per heavy atom. The molecule has 0 bridgehead atoms. The molecule has 0 radical (unpaired) electrons. The molecule has 0 saturated carbocycles. The summed E-state index contributed by atoms with van der Waals surface area (Å²) >= 11 is 0. The van der Waals surface area contributed by atoms with Gasteiger partial charge >= 0.3 is 12.1 Å². The van der Waals surface area contributed by atoms with Crippen LogP contribution in [0.15, 0.2) is 0 Å². The van der Waals surface area contributed by atoms with Crippen LogP contribution in [0.1, 0.15) is 73.1 Å². The second-order valence-corrected chi connectivity index (χ2v) is 5.50. The number of esters is 1. The smallest absolute Gasteiger partial charge is 0.405 e. The number of nitrogens with two attached hydrogens (primary N) is 1. The van der Waals surface area contributed by atoms with E-state index in [4.69, 9.17) is 10.5 Å². The van der Waals surface area contributed by atoms with Gasteiger partial charge in [0.15, 0.2) is 0 Å². The van der Waals surface area contributed by atoms with Crippen LogP contribution in [0, 0.1) is 0 Å². The Hall–Kier alpha value is -1.26. The van der Waals surface area contributed by atoms with Crippen LogP contribution in [0.3, 0.4) is 0 Å². The molecule has 0 saturated heterocycles. The minimum Gasteiger partial charge on any atom is -0.466 e. The predicted octanol–water partition coefficient (Wildman–Crippen LogP) is 3.79. The van der Waals surface area contributed by atoms with Gasteiger partial charge in [0.1, 0.15) is 5.60 Å². The van der Waals surface area contributed by atoms with Crippen LogP contribution in [0.2, 0.25) is 0 Å². The van der Waals surface area contributed by atoms with Crippen molar-refractivity contribution in [3.8, 4) is 0 Å². The van der Waals surface area contributed by atoms with E-state index in [1.165, 1.54) is 19.3 Å². The topological polar surface area (TPSA) is 78.6 Å². The summed E-state index contributed by atoms with van der Waals surface area (Å²) in [5.41, 5.74) is 4.26. The van der Waals surface area contributed by atoms with E-state index in [9.17, 15) is 9.59 Å². The molecule has 0 aromatic rings. The number of hydrogen-bond acceptors (Lipinski definition) is 4. The van der Waals surface area contributed by atoms with Crippen molar-refractivity contribution < 1.29 is 19.1 Å². The van der Waals surface area contributed by atoms with Crippen LogP contribution in [-0.2, 0) is 14.3 Å². The molecule has 0 fully saturated rings. The highest BCUT2D eigenvalue weighted by atomic mass is 16.6. The van der Waals surface area contributed by atoms with Crippen molar-refractivity contribution in [2.24, 2.45) is 5.73 Å². The van der Waals surface area contributed by atoms with Crippen molar-refractivity contribution in [2.75, 3.05) is 6.61 Å². The number of unbranched alkanes of at least 4 members (excludes halogenated alkanes) is 4. The van der Waals surface area contributed by atoms with Gasteiger partial charge in [0.25, 0.3) is 0 Å². The molecular formula is C15H31NO4. The summed E-state index contributed by atoms with van der Waals surface area (Å²) in [4.78, 5) is 20.9. The Balaban J connectivity index is 0. The zero-order valence-electron chi connectivity index (χ0n) is 13.7. The number of amides is 1. The SMILES string of the molecule is CC(C)(C)OC(N)=O.CCCCCCCC(=O)OCC. The van der Waals surface area contributed by atoms with E-state index in [1.807, 2.05) is 6.92 Å². The van der Waals surface area contributed by atoms with Crippen LogP contribution >= 0.6 is 0 Å². The number of rotatable bonds is 7. The lowest BCUT2D eigenvalue weighted by atomic mass is 10.1. The molecule has 0 aliphatic rings. The monoisotopic (exact) mass is 289 g/mol. The highest BCUT2D eigenvalue weighted by Gasteiger charge is 2.12. The first-order valence-electron chi connectivity index (χ1n) is 7.37. The minimum atomic E-state index is -0.725. The van der Waals surface area contributed by atoms with E-state index in [2.05, 4.69) is 11.7 Å². The Labute approximate surface area is 123 Å². The average Bonchev–Trinajstić information content (AvgIpc) is 2.26. The molecule has 0 spiro atoms. The maximum atomic E-state index is 10.9. The quantitative estimate of drug-likeness (QED) is 0.571. The van der Waals surface area contributed by atoms with Gasteiger partial charge in [0.05, 0.1) is 6.61 Å². The molecule has 2 N–H and O–H groups in total. The maximum Gasteiger partial charge on any atom is 0.405 e. The van der Waals surface area contributed by atoms with Crippen molar-refractivity contribution in [2.45, 2.75) is 78.7 Å². The second-order valence-electron chi connectivity index (χ2n) is 5.50. The van der Waals surface area contributed by atoms with Crippen molar-refractivity contribution in [3.63, 3.8) is 0 Å². The first kappa shape index (κ1) is 21.0. The molecule has 0 aromatic carbocycles. The maximum absolute atomic E-state index is 10.9. The average molecular weight is 289 g/mol. The van der Waals surface area contributed by atoms with Crippen LogP contribution in [0.4, 0.5) is 4.79 Å². The Morgan fingerprint density at radius 2 is 1.55 bits per heavy atom. The molecule has 0 atom stereocenters. The van der Waals surface area contributed by atoms with Gasteiger partial charge in [-0.25, -0.2) is 4.79 Å². The summed E-state index contributed by atoms with van der Waals surface area (Å²) in [5.74, 6) is -0.0472. The van der Waals surface area contributed by atoms with E-state index in [-0.39, 0.29) is 5.97 Å². The number of hydrogen-bond donors (Lipinski definition) is 1. The van der Waals surface area contributed by atoms with E-state index < -0.39 is 11.7 Å². The summed E-state index contributed by atoms with van der Waals surface area (Å²) in [7, 11) is 0. The number of ether oxygens (including phenoxy) is 2. The van der Waals surface area contributed by atoms with Gasteiger partial charge in [0, 0.05) is 6.42 Å². The molecule has 1 amide bonds. The predicted molar refractivity (Wildman–Crippen MR) is 80.4 cm³/mol. The van der Waals surface area contributed by atoms with Crippen LogP contribution in [0.25, 0.3) is 0 Å². The second kappa shape index (κ2) is 12.8. The van der Waals surface area contributed by atoms with Gasteiger partial charge in [-0.15, -0.1) is 0 Å². The first-order valence-corrected chi connectivity index (χ1v) is 7.37. The molecule has 120 valence electrons. The standard InChI is InChI=1S/C10H20O2.C5H11NO2/c1-3-5-6-7-8-9-10(11)12-4-2;1-5(2,3)8-4(6)7/h3-9H2,1-2H3;1-3H3,(H2,6,7). The third-order valence-electron chi connectivity index (χ3n) is 2.20. The molecule has 0 heterocycles. The lowest BCUT2D eigenvalue weighted by Crippen LogP contribution is -2.27. The zero-order chi connectivity index (χ0) is 16.0. The lowest BCUT2D eigenvalue weighted by molar-refractivity contribution is -0.143. The number of primary amides is 1. The van der Waals surface area contributed by atoms with Crippen molar-refractivity contribution in [1.82, 2.24) is 0 Å². The number of carbonyl (C=O) groups is 2. The summed E-state index contributed by atoms with van der Waals surface area (Å²) in [6.45, 7) is 9.82. The highest BCUT2D eigenvalue weighted by Crippen LogP contribution is 2.05. The summed E-state index contributed by atoms with van der Waals surface area (Å²) in [6.07, 6.45) is 5.79. The molecule has 20 heavy (non-hydrogen) atoms. The highest BCUT2D eigenvalue weighted by molar-refractivity contribution is 5.69. The fourth-order valence-electron chi connectivity index (χ4n) is 1.41. The largest absolute Gasteiger partial charge is 0.466 e. The van der Waals surface area contributed by atoms with Gasteiger partial charge in [-0.2, -0.15) is 0 Å². The molecule has 0 unspecified atom stereocenters. The lowest BCUT2D eigenvalue weighted by Gasteiger charge is -2.16. The van der Waals surface area contributed by atoms with Crippen LogP contribution in [-0.4, -0.2) is 24.3 Å². The third-order valence-corrected chi connectivity index (χ3v) is 2.20. The first-order chi connectivity index (χ1) is 9.22. The normalized spacial score (nSPS) is 10.2. The van der Waals surface area contributed by atoms with Gasteiger partial charge in [-0.05, 0) is 34.1 Å². The van der Waals surface area contributed by atoms with E-state index >= 15 is 0 Å². The molecule has 5 nitrogen and oxygen atoms in total. The summed E-state index contributed by atoms with van der Waals surface area (Å²) in [6, 6.07) is 0. The van der Waals surface area contributed by atoms with Crippen LogP contribution in [0.5, 0.6) is 0 Å². The van der Waals surface area contributed by atoms with Gasteiger partial charge < -0.3 is 15.2 Å². The zero-order valence-corrected chi connectivity index (χ0v) is 13.7. The van der Waals surface area contributed by atoms with Gasteiger partial charge in [-0.1, -0.05) is 32.6 Å².